The lowest BCUT2D eigenvalue weighted by atomic mass is 9.69. The highest BCUT2D eigenvalue weighted by Crippen LogP contribution is 2.39. The smallest absolute Gasteiger partial charge is 0.223 e. The molecule has 2 N–H and O–H groups in total. The van der Waals surface area contributed by atoms with Crippen molar-refractivity contribution in [3.05, 3.63) is 0 Å². The van der Waals surface area contributed by atoms with Gasteiger partial charge in [-0.25, -0.2) is 0 Å². The Morgan fingerprint density at radius 2 is 1.74 bits per heavy atom. The Morgan fingerprint density at radius 1 is 1.21 bits per heavy atom. The van der Waals surface area contributed by atoms with Gasteiger partial charge in [0.1, 0.15) is 0 Å². The van der Waals surface area contributed by atoms with Gasteiger partial charge in [0.05, 0.1) is 12.6 Å². The average molecular weight is 269 g/mol. The topological polar surface area (TPSA) is 49.3 Å². The zero-order valence-corrected chi connectivity index (χ0v) is 13.2. The van der Waals surface area contributed by atoms with Gasteiger partial charge in [-0.2, -0.15) is 0 Å². The van der Waals surface area contributed by atoms with Crippen molar-refractivity contribution < 1.29 is 9.90 Å². The van der Waals surface area contributed by atoms with Crippen molar-refractivity contribution in [3.63, 3.8) is 0 Å². The van der Waals surface area contributed by atoms with Gasteiger partial charge in [-0.15, -0.1) is 0 Å². The SMILES string of the molecule is CC(C)[C@@H](CO)NC(=O)C1CCC(C(C)(C)C)CC1. The molecular weight excluding hydrogens is 238 g/mol. The van der Waals surface area contributed by atoms with E-state index in [0.29, 0.717) is 5.41 Å². The second kappa shape index (κ2) is 6.74. The first-order valence-corrected chi connectivity index (χ1v) is 7.67. The van der Waals surface area contributed by atoms with Crippen molar-refractivity contribution in [2.75, 3.05) is 6.61 Å². The number of aliphatic hydroxyl groups excluding tert-OH is 1. The number of carbonyl (C=O) groups excluding carboxylic acids is 1. The maximum Gasteiger partial charge on any atom is 0.223 e. The highest BCUT2D eigenvalue weighted by atomic mass is 16.3. The van der Waals surface area contributed by atoms with E-state index in [1.165, 1.54) is 0 Å². The van der Waals surface area contributed by atoms with Gasteiger partial charge in [-0.3, -0.25) is 4.79 Å². The van der Waals surface area contributed by atoms with Gasteiger partial charge in [-0.05, 0) is 42.9 Å². The molecule has 0 bridgehead atoms. The lowest BCUT2D eigenvalue weighted by Crippen LogP contribution is -2.45. The summed E-state index contributed by atoms with van der Waals surface area (Å²) in [6, 6.07) is -0.104. The minimum Gasteiger partial charge on any atom is -0.394 e. The van der Waals surface area contributed by atoms with Crippen LogP contribution in [-0.4, -0.2) is 23.7 Å². The summed E-state index contributed by atoms with van der Waals surface area (Å²) in [5.41, 5.74) is 0.354. The molecule has 0 heterocycles. The zero-order valence-electron chi connectivity index (χ0n) is 13.2. The van der Waals surface area contributed by atoms with Gasteiger partial charge in [0.2, 0.25) is 5.91 Å². The number of amides is 1. The molecule has 19 heavy (non-hydrogen) atoms. The van der Waals surface area contributed by atoms with Crippen LogP contribution in [0, 0.1) is 23.2 Å². The number of hydrogen-bond donors (Lipinski definition) is 2. The molecule has 0 aromatic rings. The van der Waals surface area contributed by atoms with Crippen LogP contribution in [0.5, 0.6) is 0 Å². The molecule has 1 saturated carbocycles. The Morgan fingerprint density at radius 3 is 2.11 bits per heavy atom. The van der Waals surface area contributed by atoms with E-state index < -0.39 is 0 Å². The lowest BCUT2D eigenvalue weighted by Gasteiger charge is -2.37. The number of aliphatic hydroxyl groups is 1. The molecule has 1 amide bonds. The molecule has 0 aromatic heterocycles. The van der Waals surface area contributed by atoms with E-state index in [1.54, 1.807) is 0 Å². The average Bonchev–Trinajstić information content (AvgIpc) is 2.34. The molecule has 1 fully saturated rings. The van der Waals surface area contributed by atoms with E-state index in [-0.39, 0.29) is 30.4 Å². The monoisotopic (exact) mass is 269 g/mol. The normalized spacial score (nSPS) is 26.3. The summed E-state index contributed by atoms with van der Waals surface area (Å²) in [6.45, 7) is 11.0. The quantitative estimate of drug-likeness (QED) is 0.824. The van der Waals surface area contributed by atoms with Crippen LogP contribution in [0.2, 0.25) is 0 Å². The number of hydrogen-bond acceptors (Lipinski definition) is 2. The van der Waals surface area contributed by atoms with E-state index in [9.17, 15) is 9.90 Å². The number of nitrogens with one attached hydrogen (secondary N) is 1. The second-order valence-electron chi connectivity index (χ2n) is 7.46. The van der Waals surface area contributed by atoms with Crippen LogP contribution in [0.1, 0.15) is 60.3 Å². The van der Waals surface area contributed by atoms with Gasteiger partial charge in [-0.1, -0.05) is 34.6 Å². The van der Waals surface area contributed by atoms with E-state index in [4.69, 9.17) is 0 Å². The van der Waals surface area contributed by atoms with Gasteiger partial charge >= 0.3 is 0 Å². The van der Waals surface area contributed by atoms with Gasteiger partial charge < -0.3 is 10.4 Å². The first-order valence-electron chi connectivity index (χ1n) is 7.67. The summed E-state index contributed by atoms with van der Waals surface area (Å²) in [5, 5.41) is 12.3. The molecule has 0 aliphatic heterocycles. The predicted octanol–water partition coefficient (Wildman–Crippen LogP) is 2.97. The summed E-state index contributed by atoms with van der Waals surface area (Å²) in [5.74, 6) is 1.29. The molecule has 0 spiro atoms. The Bertz CT molecular complexity index is 286. The molecule has 3 nitrogen and oxygen atoms in total. The first kappa shape index (κ1) is 16.5. The van der Waals surface area contributed by atoms with Crippen molar-refractivity contribution in [3.8, 4) is 0 Å². The molecule has 0 aromatic carbocycles. The van der Waals surface area contributed by atoms with Gasteiger partial charge in [0.15, 0.2) is 0 Å². The van der Waals surface area contributed by atoms with Crippen LogP contribution in [0.4, 0.5) is 0 Å². The summed E-state index contributed by atoms with van der Waals surface area (Å²) in [7, 11) is 0. The van der Waals surface area contributed by atoms with Crippen LogP contribution < -0.4 is 5.32 Å². The fourth-order valence-corrected chi connectivity index (χ4v) is 2.95. The van der Waals surface area contributed by atoms with Crippen LogP contribution >= 0.6 is 0 Å². The molecule has 1 aliphatic carbocycles. The lowest BCUT2D eigenvalue weighted by molar-refractivity contribution is -0.128. The molecule has 1 aliphatic rings. The van der Waals surface area contributed by atoms with Crippen LogP contribution in [0.3, 0.4) is 0 Å². The predicted molar refractivity (Wildman–Crippen MR) is 78.8 cm³/mol. The van der Waals surface area contributed by atoms with E-state index in [2.05, 4.69) is 26.1 Å². The highest BCUT2D eigenvalue weighted by Gasteiger charge is 2.32. The summed E-state index contributed by atoms with van der Waals surface area (Å²) in [4.78, 5) is 12.2. The number of rotatable bonds is 4. The summed E-state index contributed by atoms with van der Waals surface area (Å²) < 4.78 is 0. The first-order chi connectivity index (χ1) is 8.75. The van der Waals surface area contributed by atoms with Crippen molar-refractivity contribution in [2.45, 2.75) is 66.3 Å². The molecule has 3 heteroatoms. The second-order valence-corrected chi connectivity index (χ2v) is 7.46. The maximum absolute atomic E-state index is 12.2. The Labute approximate surface area is 118 Å². The zero-order chi connectivity index (χ0) is 14.6. The fourth-order valence-electron chi connectivity index (χ4n) is 2.95. The van der Waals surface area contributed by atoms with Crippen molar-refractivity contribution >= 4 is 5.91 Å². The summed E-state index contributed by atoms with van der Waals surface area (Å²) in [6.07, 6.45) is 4.27. The van der Waals surface area contributed by atoms with Crippen molar-refractivity contribution in [1.29, 1.82) is 0 Å². The molecule has 0 unspecified atom stereocenters. The Balaban J connectivity index is 2.45. The third-order valence-electron chi connectivity index (χ3n) is 4.65. The molecule has 0 radical (unpaired) electrons. The van der Waals surface area contributed by atoms with E-state index >= 15 is 0 Å². The third kappa shape index (κ3) is 4.79. The number of carbonyl (C=O) groups is 1. The standard InChI is InChI=1S/C16H31NO2/c1-11(2)14(10-18)17-15(19)12-6-8-13(9-7-12)16(3,4)5/h11-14,18H,6-10H2,1-5H3,(H,17,19)/t12?,13?,14-/m1/s1. The van der Waals surface area contributed by atoms with Crippen LogP contribution in [0.15, 0.2) is 0 Å². The van der Waals surface area contributed by atoms with Gasteiger partial charge in [0.25, 0.3) is 0 Å². The van der Waals surface area contributed by atoms with Crippen LogP contribution in [-0.2, 0) is 4.79 Å². The molecule has 1 rings (SSSR count). The Hall–Kier alpha value is -0.570. The maximum atomic E-state index is 12.2. The van der Waals surface area contributed by atoms with Gasteiger partial charge in [0, 0.05) is 5.92 Å². The summed E-state index contributed by atoms with van der Waals surface area (Å²) >= 11 is 0. The Kier molecular flexibility index (Phi) is 5.84. The molecular formula is C16H31NO2. The van der Waals surface area contributed by atoms with E-state index in [1.807, 2.05) is 13.8 Å². The van der Waals surface area contributed by atoms with Crippen molar-refractivity contribution in [1.82, 2.24) is 5.32 Å². The molecule has 112 valence electrons. The van der Waals surface area contributed by atoms with Crippen molar-refractivity contribution in [2.24, 2.45) is 23.2 Å². The highest BCUT2D eigenvalue weighted by molar-refractivity contribution is 5.79. The largest absolute Gasteiger partial charge is 0.394 e. The fraction of sp³-hybridized carbons (Fsp3) is 0.938. The molecule has 1 atom stereocenters. The third-order valence-corrected chi connectivity index (χ3v) is 4.65. The molecule has 0 saturated heterocycles. The minimum atomic E-state index is -0.104. The van der Waals surface area contributed by atoms with E-state index in [0.717, 1.165) is 31.6 Å². The van der Waals surface area contributed by atoms with Crippen LogP contribution in [0.25, 0.3) is 0 Å². The minimum absolute atomic E-state index is 0.0285.